The first-order valence-electron chi connectivity index (χ1n) is 8.68. The van der Waals surface area contributed by atoms with Crippen molar-refractivity contribution in [3.8, 4) is 5.75 Å². The molecule has 0 radical (unpaired) electrons. The highest BCUT2D eigenvalue weighted by molar-refractivity contribution is 5.97. The summed E-state index contributed by atoms with van der Waals surface area (Å²) in [4.78, 5) is 37.1. The summed E-state index contributed by atoms with van der Waals surface area (Å²) in [6.07, 6.45) is 0.167. The van der Waals surface area contributed by atoms with Gasteiger partial charge in [0.25, 0.3) is 0 Å². The van der Waals surface area contributed by atoms with Gasteiger partial charge in [0.2, 0.25) is 11.8 Å². The minimum Gasteiger partial charge on any atom is -0.497 e. The topological polar surface area (TPSA) is 75.7 Å². The average molecular weight is 368 g/mol. The average Bonchev–Trinajstić information content (AvgIpc) is 2.65. The van der Waals surface area contributed by atoms with Crippen LogP contribution in [0.4, 0.5) is 5.69 Å². The first-order valence-corrected chi connectivity index (χ1v) is 8.68. The van der Waals surface area contributed by atoms with Crippen LogP contribution in [0.5, 0.6) is 5.75 Å². The Balaban J connectivity index is 1.92. The van der Waals surface area contributed by atoms with E-state index < -0.39 is 0 Å². The second kappa shape index (κ2) is 9.52. The zero-order chi connectivity index (χ0) is 19.8. The summed E-state index contributed by atoms with van der Waals surface area (Å²) in [5.74, 6) is 0.377. The Morgan fingerprint density at radius 3 is 2.33 bits per heavy atom. The molecule has 0 spiro atoms. The van der Waals surface area contributed by atoms with E-state index in [4.69, 9.17) is 4.74 Å². The maximum Gasteiger partial charge on any atom is 0.226 e. The Morgan fingerprint density at radius 1 is 1.04 bits per heavy atom. The van der Waals surface area contributed by atoms with E-state index in [1.807, 2.05) is 24.3 Å². The Bertz CT molecular complexity index is 815. The molecule has 0 atom stereocenters. The van der Waals surface area contributed by atoms with Crippen LogP contribution in [0.3, 0.4) is 0 Å². The van der Waals surface area contributed by atoms with Crippen molar-refractivity contribution in [3.05, 3.63) is 59.7 Å². The predicted octanol–water partition coefficient (Wildman–Crippen LogP) is 3.28. The zero-order valence-electron chi connectivity index (χ0n) is 15.8. The van der Waals surface area contributed by atoms with Crippen molar-refractivity contribution >= 4 is 23.3 Å². The number of carbonyl (C=O) groups is 3. The van der Waals surface area contributed by atoms with Crippen LogP contribution in [0, 0.1) is 0 Å². The maximum absolute atomic E-state index is 12.2. The standard InChI is InChI=1S/C21H24N2O4/c1-15(24)18-5-4-6-19(13-18)22-21(26)11-12-23(16(2)25)14-17-7-9-20(27-3)10-8-17/h4-10,13H,11-12,14H2,1-3H3,(H,22,26). The molecular formula is C21H24N2O4. The molecule has 0 fully saturated rings. The number of carbonyl (C=O) groups excluding carboxylic acids is 3. The highest BCUT2D eigenvalue weighted by Gasteiger charge is 2.12. The molecule has 0 bridgehead atoms. The molecule has 1 N–H and O–H groups in total. The molecule has 2 rings (SSSR count). The van der Waals surface area contributed by atoms with E-state index in [0.717, 1.165) is 11.3 Å². The molecule has 0 saturated carbocycles. The third-order valence-corrected chi connectivity index (χ3v) is 4.14. The van der Waals surface area contributed by atoms with Crippen LogP contribution in [-0.2, 0) is 16.1 Å². The highest BCUT2D eigenvalue weighted by Crippen LogP contribution is 2.14. The molecule has 6 nitrogen and oxygen atoms in total. The molecule has 27 heavy (non-hydrogen) atoms. The second-order valence-electron chi connectivity index (χ2n) is 6.22. The fourth-order valence-electron chi connectivity index (χ4n) is 2.58. The monoisotopic (exact) mass is 368 g/mol. The molecule has 142 valence electrons. The van der Waals surface area contributed by atoms with Crippen molar-refractivity contribution in [2.45, 2.75) is 26.8 Å². The number of nitrogens with zero attached hydrogens (tertiary/aromatic N) is 1. The van der Waals surface area contributed by atoms with Crippen molar-refractivity contribution in [3.63, 3.8) is 0 Å². The number of nitrogens with one attached hydrogen (secondary N) is 1. The second-order valence-corrected chi connectivity index (χ2v) is 6.22. The number of anilines is 1. The summed E-state index contributed by atoms with van der Waals surface area (Å²) < 4.78 is 5.13. The molecule has 0 aliphatic carbocycles. The van der Waals surface area contributed by atoms with Crippen LogP contribution in [0.1, 0.15) is 36.2 Å². The van der Waals surface area contributed by atoms with Crippen molar-refractivity contribution in [1.29, 1.82) is 0 Å². The van der Waals surface area contributed by atoms with Gasteiger partial charge in [-0.15, -0.1) is 0 Å². The van der Waals surface area contributed by atoms with Crippen LogP contribution >= 0.6 is 0 Å². The highest BCUT2D eigenvalue weighted by atomic mass is 16.5. The van der Waals surface area contributed by atoms with E-state index in [1.54, 1.807) is 36.3 Å². The van der Waals surface area contributed by atoms with E-state index in [1.165, 1.54) is 13.8 Å². The molecule has 2 aromatic rings. The zero-order valence-corrected chi connectivity index (χ0v) is 15.8. The molecule has 0 aromatic heterocycles. The molecule has 6 heteroatoms. The summed E-state index contributed by atoms with van der Waals surface area (Å²) in [5.41, 5.74) is 2.07. The van der Waals surface area contributed by atoms with Gasteiger partial charge in [-0.2, -0.15) is 0 Å². The maximum atomic E-state index is 12.2. The fraction of sp³-hybridized carbons (Fsp3) is 0.286. The Kier molecular flexibility index (Phi) is 7.11. The summed E-state index contributed by atoms with van der Waals surface area (Å²) in [7, 11) is 1.60. The normalized spacial score (nSPS) is 10.2. The summed E-state index contributed by atoms with van der Waals surface area (Å²) in [5, 5.41) is 2.76. The number of hydrogen-bond acceptors (Lipinski definition) is 4. The Hall–Kier alpha value is -3.15. The van der Waals surface area contributed by atoms with Gasteiger partial charge in [-0.25, -0.2) is 0 Å². The molecular weight excluding hydrogens is 344 g/mol. The van der Waals surface area contributed by atoms with E-state index in [2.05, 4.69) is 5.32 Å². The summed E-state index contributed by atoms with van der Waals surface area (Å²) in [6, 6.07) is 14.2. The lowest BCUT2D eigenvalue weighted by atomic mass is 10.1. The van der Waals surface area contributed by atoms with Gasteiger partial charge in [-0.1, -0.05) is 24.3 Å². The van der Waals surface area contributed by atoms with E-state index in [9.17, 15) is 14.4 Å². The first-order chi connectivity index (χ1) is 12.9. The number of ether oxygens (including phenoxy) is 1. The molecule has 0 unspecified atom stereocenters. The molecule has 0 heterocycles. The lowest BCUT2D eigenvalue weighted by Crippen LogP contribution is -2.31. The van der Waals surface area contributed by atoms with Gasteiger partial charge >= 0.3 is 0 Å². The van der Waals surface area contributed by atoms with Gasteiger partial charge in [0.1, 0.15) is 5.75 Å². The van der Waals surface area contributed by atoms with Gasteiger partial charge in [-0.05, 0) is 36.8 Å². The largest absolute Gasteiger partial charge is 0.497 e. The van der Waals surface area contributed by atoms with E-state index in [-0.39, 0.29) is 24.0 Å². The van der Waals surface area contributed by atoms with Gasteiger partial charge in [0, 0.05) is 37.7 Å². The number of methoxy groups -OCH3 is 1. The van der Waals surface area contributed by atoms with Crippen LogP contribution in [0.25, 0.3) is 0 Å². The molecule has 0 aliphatic rings. The number of rotatable bonds is 8. The van der Waals surface area contributed by atoms with Crippen LogP contribution in [0.15, 0.2) is 48.5 Å². The summed E-state index contributed by atoms with van der Waals surface area (Å²) >= 11 is 0. The summed E-state index contributed by atoms with van der Waals surface area (Å²) in [6.45, 7) is 3.69. The minimum absolute atomic E-state index is 0.0617. The van der Waals surface area contributed by atoms with Crippen molar-refractivity contribution in [1.82, 2.24) is 4.90 Å². The predicted molar refractivity (Wildman–Crippen MR) is 104 cm³/mol. The third kappa shape index (κ3) is 6.26. The van der Waals surface area contributed by atoms with Crippen molar-refractivity contribution in [2.75, 3.05) is 19.0 Å². The fourth-order valence-corrected chi connectivity index (χ4v) is 2.58. The lowest BCUT2D eigenvalue weighted by Gasteiger charge is -2.21. The minimum atomic E-state index is -0.211. The van der Waals surface area contributed by atoms with Crippen LogP contribution < -0.4 is 10.1 Å². The van der Waals surface area contributed by atoms with Crippen molar-refractivity contribution in [2.24, 2.45) is 0 Å². The van der Waals surface area contributed by atoms with Crippen molar-refractivity contribution < 1.29 is 19.1 Å². The number of hydrogen-bond donors (Lipinski definition) is 1. The third-order valence-electron chi connectivity index (χ3n) is 4.14. The first kappa shape index (κ1) is 20.2. The number of benzene rings is 2. The quantitative estimate of drug-likeness (QED) is 0.726. The smallest absolute Gasteiger partial charge is 0.226 e. The van der Waals surface area contributed by atoms with Gasteiger partial charge in [-0.3, -0.25) is 14.4 Å². The van der Waals surface area contributed by atoms with Crippen LogP contribution in [-0.4, -0.2) is 36.2 Å². The van der Waals surface area contributed by atoms with Gasteiger partial charge < -0.3 is 15.0 Å². The number of Topliss-reactive ketones (excluding diaryl/α,β-unsaturated/α-hetero) is 1. The molecule has 0 aliphatic heterocycles. The van der Waals surface area contributed by atoms with Gasteiger partial charge in [0.15, 0.2) is 5.78 Å². The SMILES string of the molecule is COc1ccc(CN(CCC(=O)Nc2cccc(C(C)=O)c2)C(C)=O)cc1. The number of ketones is 1. The Labute approximate surface area is 159 Å². The Morgan fingerprint density at radius 2 is 1.74 bits per heavy atom. The molecule has 0 saturated heterocycles. The molecule has 2 aromatic carbocycles. The van der Waals surface area contributed by atoms with Crippen LogP contribution in [0.2, 0.25) is 0 Å². The number of amides is 2. The molecule has 2 amide bonds. The lowest BCUT2D eigenvalue weighted by molar-refractivity contribution is -0.129. The van der Waals surface area contributed by atoms with E-state index >= 15 is 0 Å². The van der Waals surface area contributed by atoms with Gasteiger partial charge in [0.05, 0.1) is 7.11 Å². The van der Waals surface area contributed by atoms with E-state index in [0.29, 0.717) is 24.3 Å².